The molecule has 2 aromatic rings. The van der Waals surface area contributed by atoms with E-state index in [-0.39, 0.29) is 12.5 Å². The van der Waals surface area contributed by atoms with Crippen LogP contribution in [-0.4, -0.2) is 54.8 Å². The fourth-order valence-corrected chi connectivity index (χ4v) is 3.99. The molecule has 0 saturated carbocycles. The Morgan fingerprint density at radius 3 is 2.66 bits per heavy atom. The summed E-state index contributed by atoms with van der Waals surface area (Å²) in [4.78, 5) is 18.2. The summed E-state index contributed by atoms with van der Waals surface area (Å²) in [6.07, 6.45) is 1.90. The van der Waals surface area contributed by atoms with Crippen molar-refractivity contribution >= 4 is 27.7 Å². The minimum Gasteiger partial charge on any atom is -0.494 e. The molecule has 0 aromatic heterocycles. The monoisotopic (exact) mass is 501 g/mol. The van der Waals surface area contributed by atoms with E-state index in [2.05, 4.69) is 27.9 Å². The number of benzene rings is 2. The molecule has 2 aromatic carbocycles. The van der Waals surface area contributed by atoms with Gasteiger partial charge in [0.15, 0.2) is 11.6 Å². The molecule has 0 unspecified atom stereocenters. The number of carbonyl (C=O) groups is 1. The molecule has 1 aliphatic heterocycles. The summed E-state index contributed by atoms with van der Waals surface area (Å²) in [6, 6.07) is 15.0. The number of hydrogen-bond donors (Lipinski definition) is 2. The van der Waals surface area contributed by atoms with E-state index in [1.54, 1.807) is 25.2 Å². The molecule has 0 saturated heterocycles. The lowest BCUT2D eigenvalue weighted by atomic mass is 9.84. The highest BCUT2D eigenvalue weighted by atomic mass is 79.9. The molecule has 32 heavy (non-hydrogen) atoms. The average Bonchev–Trinajstić information content (AvgIpc) is 3.15. The molecule has 170 valence electrons. The second kappa shape index (κ2) is 10.8. The van der Waals surface area contributed by atoms with Crippen LogP contribution in [0.2, 0.25) is 0 Å². The number of aliphatic imine (C=N–C) groups is 1. The number of halogens is 1. The Bertz CT molecular complexity index is 977. The first-order valence-corrected chi connectivity index (χ1v) is 11.1. The molecule has 0 radical (unpaired) electrons. The van der Waals surface area contributed by atoms with E-state index in [9.17, 15) is 4.79 Å². The van der Waals surface area contributed by atoms with Crippen LogP contribution in [0.15, 0.2) is 70.7 Å². The van der Waals surface area contributed by atoms with Crippen LogP contribution in [0.1, 0.15) is 30.1 Å². The van der Waals surface area contributed by atoms with Crippen molar-refractivity contribution < 1.29 is 19.4 Å². The number of ether oxygens (including phenoxy) is 2. The smallest absolute Gasteiger partial charge is 0.266 e. The molecular weight excluding hydrogens is 474 g/mol. The van der Waals surface area contributed by atoms with E-state index >= 15 is 0 Å². The molecule has 2 atom stereocenters. The highest BCUT2D eigenvalue weighted by Gasteiger charge is 2.53. The Hall–Kier alpha value is -2.68. The standard InChI is InChI=1S/C24H28BrN3O4/c1-4-14-24(23(30)27-28(2)3)21(19-8-5-6-9-20(19)25)32-22(26-24)17-10-12-18(13-11-17)31-16-7-15-29/h4-6,8-13,21,29H,1,7,14-16H2,2-3H3,(H,27,30)/t21-,24-/m0/s1. The van der Waals surface area contributed by atoms with E-state index in [4.69, 9.17) is 19.6 Å². The van der Waals surface area contributed by atoms with Crippen LogP contribution in [0.3, 0.4) is 0 Å². The maximum Gasteiger partial charge on any atom is 0.266 e. The van der Waals surface area contributed by atoms with Crippen molar-refractivity contribution in [3.8, 4) is 5.75 Å². The summed E-state index contributed by atoms with van der Waals surface area (Å²) in [5, 5.41) is 10.5. The summed E-state index contributed by atoms with van der Waals surface area (Å²) >= 11 is 3.59. The zero-order chi connectivity index (χ0) is 23.1. The molecular formula is C24H28BrN3O4. The van der Waals surface area contributed by atoms with Gasteiger partial charge in [-0.05, 0) is 30.3 Å². The summed E-state index contributed by atoms with van der Waals surface area (Å²) in [7, 11) is 3.51. The van der Waals surface area contributed by atoms with Crippen molar-refractivity contribution in [1.82, 2.24) is 10.4 Å². The van der Waals surface area contributed by atoms with Crippen LogP contribution in [0.4, 0.5) is 0 Å². The second-order valence-corrected chi connectivity index (χ2v) is 8.49. The van der Waals surface area contributed by atoms with Gasteiger partial charge in [0.05, 0.1) is 6.61 Å². The van der Waals surface area contributed by atoms with Gasteiger partial charge >= 0.3 is 0 Å². The quantitative estimate of drug-likeness (QED) is 0.295. The van der Waals surface area contributed by atoms with Crippen LogP contribution in [-0.2, 0) is 9.53 Å². The van der Waals surface area contributed by atoms with Gasteiger partial charge < -0.3 is 14.6 Å². The first-order chi connectivity index (χ1) is 15.4. The van der Waals surface area contributed by atoms with Crippen molar-refractivity contribution in [3.63, 3.8) is 0 Å². The Kier molecular flexibility index (Phi) is 8.06. The van der Waals surface area contributed by atoms with Gasteiger partial charge in [0.25, 0.3) is 5.91 Å². The lowest BCUT2D eigenvalue weighted by molar-refractivity contribution is -0.132. The highest BCUT2D eigenvalue weighted by molar-refractivity contribution is 9.10. The zero-order valence-electron chi connectivity index (χ0n) is 18.3. The van der Waals surface area contributed by atoms with Crippen molar-refractivity contribution in [2.75, 3.05) is 27.3 Å². The third-order valence-electron chi connectivity index (χ3n) is 5.00. The third kappa shape index (κ3) is 5.20. The van der Waals surface area contributed by atoms with Gasteiger partial charge in [-0.1, -0.05) is 40.2 Å². The molecule has 0 fully saturated rings. The number of nitrogens with one attached hydrogen (secondary N) is 1. The lowest BCUT2D eigenvalue weighted by Gasteiger charge is -2.31. The molecule has 3 rings (SSSR count). The van der Waals surface area contributed by atoms with Gasteiger partial charge in [0.1, 0.15) is 5.75 Å². The van der Waals surface area contributed by atoms with Gasteiger partial charge in [-0.3, -0.25) is 10.2 Å². The second-order valence-electron chi connectivity index (χ2n) is 7.64. The number of carbonyl (C=O) groups excluding carboxylic acids is 1. The minimum atomic E-state index is -1.22. The fourth-order valence-electron chi connectivity index (χ4n) is 3.50. The van der Waals surface area contributed by atoms with Crippen LogP contribution >= 0.6 is 15.9 Å². The minimum absolute atomic E-state index is 0.0829. The Morgan fingerprint density at radius 1 is 1.31 bits per heavy atom. The summed E-state index contributed by atoms with van der Waals surface area (Å²) in [6.45, 7) is 4.38. The largest absolute Gasteiger partial charge is 0.494 e. The maximum absolute atomic E-state index is 13.4. The Balaban J connectivity index is 2.00. The van der Waals surface area contributed by atoms with Crippen LogP contribution in [0.25, 0.3) is 0 Å². The third-order valence-corrected chi connectivity index (χ3v) is 5.72. The first-order valence-electron chi connectivity index (χ1n) is 10.4. The van der Waals surface area contributed by atoms with Crippen LogP contribution in [0.5, 0.6) is 5.75 Å². The number of aliphatic hydroxyl groups excluding tert-OH is 1. The molecule has 7 nitrogen and oxygen atoms in total. The van der Waals surface area contributed by atoms with Crippen molar-refractivity contribution in [2.45, 2.75) is 24.5 Å². The van der Waals surface area contributed by atoms with Gasteiger partial charge in [-0.15, -0.1) is 6.58 Å². The Labute approximate surface area is 196 Å². The van der Waals surface area contributed by atoms with Gasteiger partial charge in [-0.25, -0.2) is 10.0 Å². The molecule has 0 bridgehead atoms. The van der Waals surface area contributed by atoms with Crippen molar-refractivity contribution in [2.24, 2.45) is 4.99 Å². The molecule has 1 amide bonds. The zero-order valence-corrected chi connectivity index (χ0v) is 19.8. The van der Waals surface area contributed by atoms with Gasteiger partial charge in [-0.2, -0.15) is 0 Å². The van der Waals surface area contributed by atoms with E-state index in [0.717, 1.165) is 15.6 Å². The molecule has 0 aliphatic carbocycles. The molecule has 2 N–H and O–H groups in total. The summed E-state index contributed by atoms with van der Waals surface area (Å²) < 4.78 is 12.8. The number of amides is 1. The van der Waals surface area contributed by atoms with E-state index < -0.39 is 11.6 Å². The lowest BCUT2D eigenvalue weighted by Crippen LogP contribution is -2.52. The fraction of sp³-hybridized carbons (Fsp3) is 0.333. The topological polar surface area (TPSA) is 83.4 Å². The molecule has 8 heteroatoms. The van der Waals surface area contributed by atoms with Crippen molar-refractivity contribution in [1.29, 1.82) is 0 Å². The van der Waals surface area contributed by atoms with E-state index in [0.29, 0.717) is 31.1 Å². The van der Waals surface area contributed by atoms with Gasteiger partial charge in [0, 0.05) is 49.1 Å². The van der Waals surface area contributed by atoms with Crippen molar-refractivity contribution in [3.05, 3.63) is 76.8 Å². The number of nitrogens with zero attached hydrogens (tertiary/aromatic N) is 2. The molecule has 1 heterocycles. The molecule has 1 aliphatic rings. The number of hydrazine groups is 1. The predicted molar refractivity (Wildman–Crippen MR) is 128 cm³/mol. The van der Waals surface area contributed by atoms with E-state index in [1.165, 1.54) is 0 Å². The van der Waals surface area contributed by atoms with Crippen LogP contribution < -0.4 is 10.2 Å². The Morgan fingerprint density at radius 2 is 2.03 bits per heavy atom. The number of rotatable bonds is 10. The highest BCUT2D eigenvalue weighted by Crippen LogP contribution is 2.44. The average molecular weight is 502 g/mol. The molecule has 0 spiro atoms. The first kappa shape index (κ1) is 24.0. The van der Waals surface area contributed by atoms with Crippen LogP contribution in [0, 0.1) is 0 Å². The summed E-state index contributed by atoms with van der Waals surface area (Å²) in [5.41, 5.74) is 3.18. The maximum atomic E-state index is 13.4. The normalized spacial score (nSPS) is 19.9. The summed E-state index contributed by atoms with van der Waals surface area (Å²) in [5.74, 6) is 0.788. The number of hydrogen-bond acceptors (Lipinski definition) is 6. The van der Waals surface area contributed by atoms with E-state index in [1.807, 2.05) is 48.5 Å². The predicted octanol–water partition coefficient (Wildman–Crippen LogP) is 3.64. The van der Waals surface area contributed by atoms with Gasteiger partial charge in [0.2, 0.25) is 5.90 Å². The number of aliphatic hydroxyl groups is 1. The SMILES string of the molecule is C=CC[C@]1(C(=O)NN(C)C)N=C(c2ccc(OCCCO)cc2)O[C@H]1c1ccccc1Br.